The lowest BCUT2D eigenvalue weighted by molar-refractivity contribution is -0.136. The summed E-state index contributed by atoms with van der Waals surface area (Å²) < 4.78 is 0. The van der Waals surface area contributed by atoms with Crippen molar-refractivity contribution in [2.45, 2.75) is 45.1 Å². The van der Waals surface area contributed by atoms with E-state index in [1.165, 1.54) is 0 Å². The Hall–Kier alpha value is -2.62. The van der Waals surface area contributed by atoms with Crippen LogP contribution in [0, 0.1) is 0 Å². The van der Waals surface area contributed by atoms with Gasteiger partial charge in [0.15, 0.2) is 0 Å². The summed E-state index contributed by atoms with van der Waals surface area (Å²) in [6.07, 6.45) is 0.620. The Kier molecular flexibility index (Phi) is 5.21. The molecule has 1 atom stereocenters. The van der Waals surface area contributed by atoms with Gasteiger partial charge in [-0.05, 0) is 23.6 Å². The molecule has 3 amide bonds. The zero-order valence-electron chi connectivity index (χ0n) is 15.2. The van der Waals surface area contributed by atoms with E-state index in [1.807, 2.05) is 17.5 Å². The lowest BCUT2D eigenvalue weighted by atomic mass is 10.0. The van der Waals surface area contributed by atoms with Crippen molar-refractivity contribution < 1.29 is 14.4 Å². The van der Waals surface area contributed by atoms with E-state index < -0.39 is 11.9 Å². The molecule has 146 valence electrons. The Labute approximate surface area is 166 Å². The van der Waals surface area contributed by atoms with Gasteiger partial charge in [-0.1, -0.05) is 12.1 Å². The fraction of sp³-hybridized carbons (Fsp3) is 0.368. The molecule has 4 rings (SSSR count). The van der Waals surface area contributed by atoms with Gasteiger partial charge < -0.3 is 16.0 Å². The fourth-order valence-electron chi connectivity index (χ4n) is 3.66. The number of imide groups is 1. The second-order valence-electron chi connectivity index (χ2n) is 6.88. The zero-order chi connectivity index (χ0) is 19.7. The standard InChI is InChI=1S/C19H21N5O3S/c20-6-17-22-12(10-28-17)8-21-7-11-2-1-3-13-14(11)9-24(19(13)27)15-4-5-16(25)23-18(15)26/h1-3,10,15,21H,4-9,20H2,(H,23,25,26). The minimum Gasteiger partial charge on any atom is -0.325 e. The van der Waals surface area contributed by atoms with E-state index in [1.54, 1.807) is 22.3 Å². The van der Waals surface area contributed by atoms with Crippen molar-refractivity contribution in [1.82, 2.24) is 20.5 Å². The first-order valence-corrected chi connectivity index (χ1v) is 10.0. The molecular weight excluding hydrogens is 378 g/mol. The number of fused-ring (bicyclic) bond motifs is 1. The van der Waals surface area contributed by atoms with E-state index in [0.717, 1.165) is 21.8 Å². The number of carbonyl (C=O) groups excluding carboxylic acids is 3. The number of piperidine rings is 1. The first-order valence-electron chi connectivity index (χ1n) is 9.16. The van der Waals surface area contributed by atoms with Crippen molar-refractivity contribution in [3.05, 3.63) is 51.0 Å². The SMILES string of the molecule is NCc1nc(CNCc2cccc3c2CN(C2CCC(=O)NC2=O)C3=O)cs1. The molecule has 0 aliphatic carbocycles. The number of hydrogen-bond acceptors (Lipinski definition) is 7. The monoisotopic (exact) mass is 399 g/mol. The molecule has 0 radical (unpaired) electrons. The summed E-state index contributed by atoms with van der Waals surface area (Å²) in [5.41, 5.74) is 9.12. The average molecular weight is 399 g/mol. The average Bonchev–Trinajstić information content (AvgIpc) is 3.27. The molecule has 28 heavy (non-hydrogen) atoms. The van der Waals surface area contributed by atoms with Crippen molar-refractivity contribution in [1.29, 1.82) is 0 Å². The zero-order valence-corrected chi connectivity index (χ0v) is 16.1. The Morgan fingerprint density at radius 3 is 2.89 bits per heavy atom. The van der Waals surface area contributed by atoms with E-state index >= 15 is 0 Å². The van der Waals surface area contributed by atoms with Crippen LogP contribution in [0.2, 0.25) is 0 Å². The number of benzene rings is 1. The van der Waals surface area contributed by atoms with Gasteiger partial charge in [-0.2, -0.15) is 0 Å². The maximum atomic E-state index is 12.8. The highest BCUT2D eigenvalue weighted by molar-refractivity contribution is 7.09. The summed E-state index contributed by atoms with van der Waals surface area (Å²) >= 11 is 1.54. The normalized spacial score (nSPS) is 19.1. The second-order valence-corrected chi connectivity index (χ2v) is 7.83. The molecule has 1 unspecified atom stereocenters. The predicted molar refractivity (Wildman–Crippen MR) is 103 cm³/mol. The second kappa shape index (κ2) is 7.78. The Morgan fingerprint density at radius 2 is 2.14 bits per heavy atom. The molecule has 0 bridgehead atoms. The van der Waals surface area contributed by atoms with Crippen molar-refractivity contribution in [2.24, 2.45) is 5.73 Å². The van der Waals surface area contributed by atoms with Gasteiger partial charge in [0.25, 0.3) is 5.91 Å². The van der Waals surface area contributed by atoms with Crippen LogP contribution in [0.3, 0.4) is 0 Å². The van der Waals surface area contributed by atoms with Crippen LogP contribution in [0.5, 0.6) is 0 Å². The lowest BCUT2D eigenvalue weighted by Crippen LogP contribution is -2.52. The minimum absolute atomic E-state index is 0.154. The van der Waals surface area contributed by atoms with Crippen molar-refractivity contribution in [3.63, 3.8) is 0 Å². The molecule has 2 aromatic rings. The maximum Gasteiger partial charge on any atom is 0.255 e. The first kappa shape index (κ1) is 18.7. The summed E-state index contributed by atoms with van der Waals surface area (Å²) in [5, 5.41) is 8.58. The van der Waals surface area contributed by atoms with E-state index in [-0.39, 0.29) is 18.2 Å². The number of aromatic nitrogens is 1. The number of amides is 3. The van der Waals surface area contributed by atoms with Gasteiger partial charge in [-0.3, -0.25) is 19.7 Å². The van der Waals surface area contributed by atoms with Crippen LogP contribution in [0.25, 0.3) is 0 Å². The highest BCUT2D eigenvalue weighted by Crippen LogP contribution is 2.29. The van der Waals surface area contributed by atoms with Gasteiger partial charge in [0.05, 0.1) is 5.69 Å². The Balaban J connectivity index is 1.45. The topological polar surface area (TPSA) is 117 Å². The number of rotatable bonds is 6. The molecule has 2 aliphatic heterocycles. The van der Waals surface area contributed by atoms with Gasteiger partial charge in [-0.25, -0.2) is 4.98 Å². The molecule has 1 aromatic heterocycles. The number of nitrogens with zero attached hydrogens (tertiary/aromatic N) is 2. The Morgan fingerprint density at radius 1 is 1.29 bits per heavy atom. The highest BCUT2D eigenvalue weighted by Gasteiger charge is 2.39. The largest absolute Gasteiger partial charge is 0.325 e. The van der Waals surface area contributed by atoms with Crippen molar-refractivity contribution >= 4 is 29.1 Å². The van der Waals surface area contributed by atoms with Crippen LogP contribution in [-0.4, -0.2) is 33.6 Å². The number of nitrogens with one attached hydrogen (secondary N) is 2. The number of nitrogens with two attached hydrogens (primary N) is 1. The molecule has 1 fully saturated rings. The molecule has 9 heteroatoms. The van der Waals surface area contributed by atoms with Crippen LogP contribution >= 0.6 is 11.3 Å². The van der Waals surface area contributed by atoms with Gasteiger partial charge in [0.1, 0.15) is 11.0 Å². The first-order chi connectivity index (χ1) is 13.6. The van der Waals surface area contributed by atoms with E-state index in [0.29, 0.717) is 38.2 Å². The number of thiazole rings is 1. The third kappa shape index (κ3) is 3.56. The van der Waals surface area contributed by atoms with Gasteiger partial charge in [0, 0.05) is 43.5 Å². The number of carbonyl (C=O) groups is 3. The van der Waals surface area contributed by atoms with Crippen LogP contribution in [0.4, 0.5) is 0 Å². The molecular formula is C19H21N5O3S. The molecule has 8 nitrogen and oxygen atoms in total. The summed E-state index contributed by atoms with van der Waals surface area (Å²) in [7, 11) is 0. The van der Waals surface area contributed by atoms with Crippen LogP contribution < -0.4 is 16.4 Å². The molecule has 3 heterocycles. The third-order valence-corrected chi connectivity index (χ3v) is 5.99. The Bertz CT molecular complexity index is 941. The van der Waals surface area contributed by atoms with E-state index in [9.17, 15) is 14.4 Å². The lowest BCUT2D eigenvalue weighted by Gasteiger charge is -2.29. The molecule has 4 N–H and O–H groups in total. The summed E-state index contributed by atoms with van der Waals surface area (Å²) in [4.78, 5) is 42.4. The molecule has 0 saturated carbocycles. The third-order valence-electron chi connectivity index (χ3n) is 5.07. The quantitative estimate of drug-likeness (QED) is 0.614. The van der Waals surface area contributed by atoms with Crippen LogP contribution in [0.15, 0.2) is 23.6 Å². The van der Waals surface area contributed by atoms with Gasteiger partial charge in [-0.15, -0.1) is 11.3 Å². The number of hydrogen-bond donors (Lipinski definition) is 3. The molecule has 2 aliphatic rings. The summed E-state index contributed by atoms with van der Waals surface area (Å²) in [6.45, 7) is 2.03. The van der Waals surface area contributed by atoms with Crippen LogP contribution in [-0.2, 0) is 35.8 Å². The molecule has 1 aromatic carbocycles. The summed E-state index contributed by atoms with van der Waals surface area (Å²) in [6, 6.07) is 5.04. The van der Waals surface area contributed by atoms with Crippen molar-refractivity contribution in [2.75, 3.05) is 0 Å². The van der Waals surface area contributed by atoms with Gasteiger partial charge in [0.2, 0.25) is 11.8 Å². The van der Waals surface area contributed by atoms with E-state index in [2.05, 4.69) is 15.6 Å². The van der Waals surface area contributed by atoms with E-state index in [4.69, 9.17) is 5.73 Å². The predicted octanol–water partition coefficient (Wildman–Crippen LogP) is 0.653. The highest BCUT2D eigenvalue weighted by atomic mass is 32.1. The fourth-order valence-corrected chi connectivity index (χ4v) is 4.34. The minimum atomic E-state index is -0.594. The van der Waals surface area contributed by atoms with Crippen LogP contribution in [0.1, 0.15) is 45.0 Å². The van der Waals surface area contributed by atoms with Gasteiger partial charge >= 0.3 is 0 Å². The smallest absolute Gasteiger partial charge is 0.255 e. The summed E-state index contributed by atoms with van der Waals surface area (Å²) in [5.74, 6) is -0.829. The maximum absolute atomic E-state index is 12.8. The molecule has 0 spiro atoms. The van der Waals surface area contributed by atoms with Crippen molar-refractivity contribution in [3.8, 4) is 0 Å². The molecule has 1 saturated heterocycles.